The molecule has 3 heteroatoms. The van der Waals surface area contributed by atoms with Gasteiger partial charge in [-0.1, -0.05) is 32.9 Å². The van der Waals surface area contributed by atoms with Gasteiger partial charge in [0.25, 0.3) is 0 Å². The number of rotatable bonds is 4. The van der Waals surface area contributed by atoms with E-state index in [9.17, 15) is 9.59 Å². The Morgan fingerprint density at radius 1 is 1.06 bits per heavy atom. The summed E-state index contributed by atoms with van der Waals surface area (Å²) in [5.41, 5.74) is 1.17. The van der Waals surface area contributed by atoms with Gasteiger partial charge in [-0.2, -0.15) is 0 Å². The number of carbonyl (C=O) groups is 2. The molecule has 1 aromatic rings. The predicted molar refractivity (Wildman–Crippen MR) is 70.3 cm³/mol. The zero-order valence-electron chi connectivity index (χ0n) is 9.99. The van der Waals surface area contributed by atoms with Gasteiger partial charge in [-0.05, 0) is 18.6 Å². The highest BCUT2D eigenvalue weighted by molar-refractivity contribution is 7.97. The number of Topliss-reactive ketones (excluding diaryl/α,β-unsaturated/α-hetero) is 1. The highest BCUT2D eigenvalue weighted by atomic mass is 32.1. The van der Waals surface area contributed by atoms with E-state index >= 15 is 0 Å². The van der Waals surface area contributed by atoms with Crippen molar-refractivity contribution in [3.8, 4) is 0 Å². The monoisotopic (exact) mass is 238 g/mol. The van der Waals surface area contributed by atoms with Gasteiger partial charge in [0, 0.05) is 17.5 Å². The van der Waals surface area contributed by atoms with E-state index in [0.29, 0.717) is 17.5 Å². The standard InChI is InChI=1S/C11H12O2S.C2H6/c1-2-3-10(12)8-4-6-9(7-5-8)11(13)14;1-2/h4-7H,2-3H2,1H3,(H,13,14);1-2H3. The maximum atomic E-state index is 11.4. The zero-order valence-corrected chi connectivity index (χ0v) is 10.9. The maximum Gasteiger partial charge on any atom is 0.216 e. The fourth-order valence-electron chi connectivity index (χ4n) is 1.17. The van der Waals surface area contributed by atoms with Crippen molar-refractivity contribution in [1.29, 1.82) is 0 Å². The minimum absolute atomic E-state index is 0.116. The van der Waals surface area contributed by atoms with Gasteiger partial charge in [0.2, 0.25) is 5.12 Å². The Labute approximate surface area is 102 Å². The number of hydrogen-bond acceptors (Lipinski definition) is 2. The summed E-state index contributed by atoms with van der Waals surface area (Å²) in [7, 11) is 0. The Kier molecular flexibility index (Phi) is 7.56. The lowest BCUT2D eigenvalue weighted by atomic mass is 10.1. The fourth-order valence-corrected chi connectivity index (χ4v) is 1.32. The normalized spacial score (nSPS) is 9.00. The van der Waals surface area contributed by atoms with Crippen LogP contribution >= 0.6 is 12.6 Å². The third kappa shape index (κ3) is 4.62. The third-order valence-electron chi connectivity index (χ3n) is 1.93. The molecule has 0 aliphatic rings. The van der Waals surface area contributed by atoms with Gasteiger partial charge in [0.1, 0.15) is 0 Å². The first-order chi connectivity index (χ1) is 7.65. The Morgan fingerprint density at radius 3 is 1.88 bits per heavy atom. The molecule has 0 amide bonds. The molecule has 0 unspecified atom stereocenters. The molecule has 16 heavy (non-hydrogen) atoms. The van der Waals surface area contributed by atoms with Crippen LogP contribution in [-0.2, 0) is 0 Å². The van der Waals surface area contributed by atoms with E-state index in [-0.39, 0.29) is 10.9 Å². The summed E-state index contributed by atoms with van der Waals surface area (Å²) >= 11 is 3.69. The SMILES string of the molecule is CC.CCCC(=O)c1ccc(C(=O)S)cc1. The van der Waals surface area contributed by atoms with Crippen LogP contribution in [0.3, 0.4) is 0 Å². The van der Waals surface area contributed by atoms with Crippen molar-refractivity contribution in [2.75, 3.05) is 0 Å². The molecule has 0 saturated heterocycles. The molecule has 0 heterocycles. The van der Waals surface area contributed by atoms with Gasteiger partial charge in [0.05, 0.1) is 0 Å². The van der Waals surface area contributed by atoms with Crippen LogP contribution in [0.25, 0.3) is 0 Å². The molecular weight excluding hydrogens is 220 g/mol. The minimum atomic E-state index is -0.278. The van der Waals surface area contributed by atoms with Crippen LogP contribution in [0.4, 0.5) is 0 Å². The average Bonchev–Trinajstić information content (AvgIpc) is 2.32. The van der Waals surface area contributed by atoms with E-state index in [2.05, 4.69) is 12.6 Å². The topological polar surface area (TPSA) is 34.1 Å². The molecule has 0 aliphatic heterocycles. The highest BCUT2D eigenvalue weighted by Crippen LogP contribution is 2.09. The molecule has 0 atom stereocenters. The Hall–Kier alpha value is -1.09. The van der Waals surface area contributed by atoms with Crippen molar-refractivity contribution in [3.05, 3.63) is 35.4 Å². The molecule has 0 bridgehead atoms. The van der Waals surface area contributed by atoms with Gasteiger partial charge in [-0.3, -0.25) is 9.59 Å². The van der Waals surface area contributed by atoms with Crippen LogP contribution in [0, 0.1) is 0 Å². The zero-order chi connectivity index (χ0) is 12.6. The lowest BCUT2D eigenvalue weighted by molar-refractivity contribution is 0.0980. The van der Waals surface area contributed by atoms with Gasteiger partial charge in [-0.25, -0.2) is 0 Å². The van der Waals surface area contributed by atoms with Crippen molar-refractivity contribution < 1.29 is 9.59 Å². The van der Waals surface area contributed by atoms with Crippen molar-refractivity contribution in [3.63, 3.8) is 0 Å². The lowest BCUT2D eigenvalue weighted by Gasteiger charge is -1.99. The van der Waals surface area contributed by atoms with Gasteiger partial charge < -0.3 is 0 Å². The number of ketones is 1. The van der Waals surface area contributed by atoms with Gasteiger partial charge in [0.15, 0.2) is 5.78 Å². The van der Waals surface area contributed by atoms with E-state index in [4.69, 9.17) is 0 Å². The molecule has 1 aromatic carbocycles. The second-order valence-electron chi connectivity index (χ2n) is 3.06. The second kappa shape index (κ2) is 8.11. The summed E-state index contributed by atoms with van der Waals surface area (Å²) < 4.78 is 0. The summed E-state index contributed by atoms with van der Waals surface area (Å²) in [6.07, 6.45) is 1.39. The molecule has 0 N–H and O–H groups in total. The first-order valence-electron chi connectivity index (χ1n) is 5.51. The van der Waals surface area contributed by atoms with E-state index in [1.165, 1.54) is 0 Å². The van der Waals surface area contributed by atoms with Crippen LogP contribution < -0.4 is 0 Å². The maximum absolute atomic E-state index is 11.4. The molecule has 0 spiro atoms. The molecule has 1 rings (SSSR count). The van der Waals surface area contributed by atoms with Crippen LogP contribution in [-0.4, -0.2) is 10.9 Å². The highest BCUT2D eigenvalue weighted by Gasteiger charge is 2.05. The Bertz CT molecular complexity index is 341. The van der Waals surface area contributed by atoms with Crippen molar-refractivity contribution >= 4 is 23.5 Å². The Morgan fingerprint density at radius 2 is 1.50 bits per heavy atom. The van der Waals surface area contributed by atoms with Crippen molar-refractivity contribution in [2.24, 2.45) is 0 Å². The largest absolute Gasteiger partial charge is 0.294 e. The van der Waals surface area contributed by atoms with E-state index < -0.39 is 0 Å². The predicted octanol–water partition coefficient (Wildman–Crippen LogP) is 3.77. The molecule has 0 fully saturated rings. The number of thiol groups is 1. The molecule has 0 radical (unpaired) electrons. The summed E-state index contributed by atoms with van der Waals surface area (Å²) in [5.74, 6) is 0.116. The lowest BCUT2D eigenvalue weighted by Crippen LogP contribution is -1.98. The van der Waals surface area contributed by atoms with E-state index in [1.54, 1.807) is 24.3 Å². The molecule has 0 aliphatic carbocycles. The quantitative estimate of drug-likeness (QED) is 0.640. The van der Waals surface area contributed by atoms with Crippen LogP contribution in [0.2, 0.25) is 0 Å². The summed E-state index contributed by atoms with van der Waals surface area (Å²) in [6.45, 7) is 5.96. The summed E-state index contributed by atoms with van der Waals surface area (Å²) in [6, 6.07) is 6.58. The third-order valence-corrected chi connectivity index (χ3v) is 2.19. The summed E-state index contributed by atoms with van der Waals surface area (Å²) in [5, 5.41) is -0.278. The van der Waals surface area contributed by atoms with E-state index in [0.717, 1.165) is 6.42 Å². The van der Waals surface area contributed by atoms with E-state index in [1.807, 2.05) is 20.8 Å². The summed E-state index contributed by atoms with van der Waals surface area (Å²) in [4.78, 5) is 22.3. The number of hydrogen-bond donors (Lipinski definition) is 1. The van der Waals surface area contributed by atoms with Crippen molar-refractivity contribution in [1.82, 2.24) is 0 Å². The molecule has 88 valence electrons. The van der Waals surface area contributed by atoms with Crippen LogP contribution in [0.15, 0.2) is 24.3 Å². The average molecular weight is 238 g/mol. The van der Waals surface area contributed by atoms with Crippen LogP contribution in [0.5, 0.6) is 0 Å². The molecule has 2 nitrogen and oxygen atoms in total. The van der Waals surface area contributed by atoms with Gasteiger partial charge >= 0.3 is 0 Å². The second-order valence-corrected chi connectivity index (χ2v) is 3.46. The smallest absolute Gasteiger partial charge is 0.216 e. The fraction of sp³-hybridized carbons (Fsp3) is 0.385. The van der Waals surface area contributed by atoms with Gasteiger partial charge in [-0.15, -0.1) is 12.6 Å². The first-order valence-corrected chi connectivity index (χ1v) is 5.96. The molecular formula is C13H18O2S. The molecule has 0 saturated carbocycles. The first kappa shape index (κ1) is 14.9. The number of benzene rings is 1. The minimum Gasteiger partial charge on any atom is -0.294 e. The number of carbonyl (C=O) groups excluding carboxylic acids is 2. The van der Waals surface area contributed by atoms with Crippen molar-refractivity contribution in [2.45, 2.75) is 33.6 Å². The Balaban J connectivity index is 0.00000106. The van der Waals surface area contributed by atoms with Crippen LogP contribution in [0.1, 0.15) is 54.3 Å². The molecule has 0 aromatic heterocycles.